The molecular formula is C23H29ClO10. The number of aliphatic hydroxyl groups is 1. The zero-order valence-electron chi connectivity index (χ0n) is 19.6. The first-order valence-electron chi connectivity index (χ1n) is 10.7. The van der Waals surface area contributed by atoms with Gasteiger partial charge in [-0.15, -0.1) is 4.89 Å². The number of benzene rings is 1. The Bertz CT molecular complexity index is 938. The van der Waals surface area contributed by atoms with Crippen LogP contribution in [0.15, 0.2) is 24.3 Å². The molecule has 11 heteroatoms. The Morgan fingerprint density at radius 1 is 1.21 bits per heavy atom. The van der Waals surface area contributed by atoms with Gasteiger partial charge in [-0.2, -0.15) is 0 Å². The first kappa shape index (κ1) is 26.4. The van der Waals surface area contributed by atoms with E-state index in [2.05, 4.69) is 0 Å². The number of esters is 2. The van der Waals surface area contributed by atoms with Gasteiger partial charge in [-0.3, -0.25) is 14.5 Å². The van der Waals surface area contributed by atoms with Crippen molar-refractivity contribution < 1.29 is 48.2 Å². The highest BCUT2D eigenvalue weighted by atomic mass is 35.5. The van der Waals surface area contributed by atoms with Crippen molar-refractivity contribution in [1.29, 1.82) is 0 Å². The summed E-state index contributed by atoms with van der Waals surface area (Å²) in [7, 11) is 3.88. The summed E-state index contributed by atoms with van der Waals surface area (Å²) >= 11 is 5.93. The van der Waals surface area contributed by atoms with Crippen LogP contribution in [0.2, 0.25) is 5.02 Å². The first-order valence-corrected chi connectivity index (χ1v) is 11.0. The quantitative estimate of drug-likeness (QED) is 0.246. The number of halogens is 1. The highest BCUT2D eigenvalue weighted by Gasteiger charge is 2.75. The van der Waals surface area contributed by atoms with Crippen LogP contribution >= 0.6 is 11.6 Å². The molecule has 1 aliphatic heterocycles. The molecule has 0 bridgehead atoms. The van der Waals surface area contributed by atoms with E-state index in [1.165, 1.54) is 33.5 Å². The van der Waals surface area contributed by atoms with E-state index in [-0.39, 0.29) is 18.6 Å². The Balaban J connectivity index is 1.96. The van der Waals surface area contributed by atoms with E-state index in [9.17, 15) is 19.5 Å². The largest absolute Gasteiger partial charge is 0.469 e. The molecule has 1 saturated heterocycles. The normalized spacial score (nSPS) is 33.1. The minimum absolute atomic E-state index is 0.0786. The van der Waals surface area contributed by atoms with Gasteiger partial charge in [-0.1, -0.05) is 30.7 Å². The number of methoxy groups -OCH3 is 3. The van der Waals surface area contributed by atoms with Crippen molar-refractivity contribution in [2.45, 2.75) is 32.8 Å². The third-order valence-electron chi connectivity index (χ3n) is 7.36. The minimum atomic E-state index is -1.63. The van der Waals surface area contributed by atoms with Gasteiger partial charge in [0.25, 0.3) is 0 Å². The summed E-state index contributed by atoms with van der Waals surface area (Å²) in [5, 5.41) is 10.7. The maximum atomic E-state index is 13.4. The Morgan fingerprint density at radius 2 is 1.91 bits per heavy atom. The van der Waals surface area contributed by atoms with Gasteiger partial charge in [0.2, 0.25) is 6.29 Å². The highest BCUT2D eigenvalue weighted by molar-refractivity contribution is 6.30. The van der Waals surface area contributed by atoms with Crippen LogP contribution in [0.5, 0.6) is 0 Å². The molecule has 0 aromatic heterocycles. The van der Waals surface area contributed by atoms with Gasteiger partial charge >= 0.3 is 17.9 Å². The molecule has 1 aromatic carbocycles. The average Bonchev–Trinajstić information content (AvgIpc) is 3.26. The van der Waals surface area contributed by atoms with Crippen LogP contribution in [0.4, 0.5) is 0 Å². The fourth-order valence-corrected chi connectivity index (χ4v) is 5.69. The second-order valence-electron chi connectivity index (χ2n) is 8.88. The Hall–Kier alpha value is -2.24. The van der Waals surface area contributed by atoms with Crippen molar-refractivity contribution >= 4 is 29.5 Å². The van der Waals surface area contributed by atoms with Crippen LogP contribution in [0, 0.1) is 28.6 Å². The number of ether oxygens (including phenoxy) is 4. The SMILES string of the molecule is COC(=O)CC1C(C(=O)OOC(O)c2cccc(Cl)c2)[C@](C)(C(=O)OC)[C@]2(C)COC(OC)C12. The molecule has 2 aliphatic rings. The number of rotatable bonds is 8. The van der Waals surface area contributed by atoms with Crippen molar-refractivity contribution in [2.24, 2.45) is 28.6 Å². The van der Waals surface area contributed by atoms with Gasteiger partial charge in [0, 0.05) is 35.4 Å². The third kappa shape index (κ3) is 4.29. The summed E-state index contributed by atoms with van der Waals surface area (Å²) in [4.78, 5) is 48.8. The number of hydrogen-bond acceptors (Lipinski definition) is 10. The molecule has 1 heterocycles. The van der Waals surface area contributed by atoms with Gasteiger partial charge in [0.1, 0.15) is 0 Å². The topological polar surface area (TPSA) is 127 Å². The molecule has 0 spiro atoms. The van der Waals surface area contributed by atoms with Crippen molar-refractivity contribution in [1.82, 2.24) is 0 Å². The van der Waals surface area contributed by atoms with Crippen molar-refractivity contribution in [3.8, 4) is 0 Å². The summed E-state index contributed by atoms with van der Waals surface area (Å²) in [6.45, 7) is 3.44. The summed E-state index contributed by atoms with van der Waals surface area (Å²) < 4.78 is 21.2. The monoisotopic (exact) mass is 500 g/mol. The molecule has 0 amide bonds. The van der Waals surface area contributed by atoms with E-state index in [0.29, 0.717) is 5.02 Å². The lowest BCUT2D eigenvalue weighted by Crippen LogP contribution is -2.49. The molecule has 3 rings (SSSR count). The lowest BCUT2D eigenvalue weighted by molar-refractivity contribution is -0.350. The Labute approximate surface area is 202 Å². The second kappa shape index (κ2) is 10.2. The van der Waals surface area contributed by atoms with Crippen LogP contribution < -0.4 is 0 Å². The van der Waals surface area contributed by atoms with Crippen LogP contribution in [-0.4, -0.2) is 57.2 Å². The Morgan fingerprint density at radius 3 is 2.50 bits per heavy atom. The van der Waals surface area contributed by atoms with Gasteiger partial charge < -0.3 is 24.1 Å². The number of hydrogen-bond donors (Lipinski definition) is 1. The van der Waals surface area contributed by atoms with Crippen molar-refractivity contribution in [2.75, 3.05) is 27.9 Å². The van der Waals surface area contributed by atoms with Gasteiger partial charge in [0.15, 0.2) is 6.29 Å². The molecule has 10 nitrogen and oxygen atoms in total. The molecule has 1 saturated carbocycles. The summed E-state index contributed by atoms with van der Waals surface area (Å²) in [5.41, 5.74) is -2.17. The van der Waals surface area contributed by atoms with Crippen LogP contribution in [0.1, 0.15) is 32.1 Å². The summed E-state index contributed by atoms with van der Waals surface area (Å²) in [6, 6.07) is 6.18. The van der Waals surface area contributed by atoms with E-state index in [4.69, 9.17) is 40.3 Å². The second-order valence-corrected chi connectivity index (χ2v) is 9.32. The molecular weight excluding hydrogens is 472 g/mol. The van der Waals surface area contributed by atoms with Crippen molar-refractivity contribution in [3.63, 3.8) is 0 Å². The average molecular weight is 501 g/mol. The molecule has 5 unspecified atom stereocenters. The number of carbonyl (C=O) groups is 3. The summed E-state index contributed by atoms with van der Waals surface area (Å²) in [6.07, 6.45) is -2.61. The molecule has 188 valence electrons. The van der Waals surface area contributed by atoms with E-state index < -0.39 is 59.1 Å². The molecule has 0 radical (unpaired) electrons. The standard InChI is InChI=1S/C23H29ClO10/c1-22-11-32-20(30-4)17(22)14(10-15(25)29-3)16(23(22,2)21(28)31-5)19(27)34-33-18(26)12-7-6-8-13(24)9-12/h6-9,14,16-18,20,26H,10-11H2,1-5H3/t14?,16?,17?,18?,20?,22-,23-/m1/s1. The summed E-state index contributed by atoms with van der Waals surface area (Å²) in [5.74, 6) is -4.72. The fourth-order valence-electron chi connectivity index (χ4n) is 5.50. The zero-order valence-corrected chi connectivity index (χ0v) is 20.4. The molecule has 1 aromatic rings. The lowest BCUT2D eigenvalue weighted by Gasteiger charge is -2.39. The maximum absolute atomic E-state index is 13.4. The fraction of sp³-hybridized carbons (Fsp3) is 0.609. The predicted molar refractivity (Wildman–Crippen MR) is 116 cm³/mol. The van der Waals surface area contributed by atoms with Crippen LogP contribution in [0.25, 0.3) is 0 Å². The van der Waals surface area contributed by atoms with E-state index >= 15 is 0 Å². The molecule has 1 aliphatic carbocycles. The van der Waals surface area contributed by atoms with Gasteiger partial charge in [-0.05, 0) is 25.0 Å². The number of fused-ring (bicyclic) bond motifs is 1. The van der Waals surface area contributed by atoms with E-state index in [1.54, 1.807) is 26.0 Å². The zero-order chi connectivity index (χ0) is 25.3. The molecule has 1 N–H and O–H groups in total. The number of aliphatic hydroxyl groups excluding tert-OH is 1. The molecule has 34 heavy (non-hydrogen) atoms. The van der Waals surface area contributed by atoms with E-state index in [1.807, 2.05) is 0 Å². The first-order chi connectivity index (χ1) is 16.0. The molecule has 7 atom stereocenters. The predicted octanol–water partition coefficient (Wildman–Crippen LogP) is 2.42. The Kier molecular flexibility index (Phi) is 7.89. The van der Waals surface area contributed by atoms with Crippen LogP contribution in [-0.2, 0) is 43.1 Å². The maximum Gasteiger partial charge on any atom is 0.347 e. The van der Waals surface area contributed by atoms with Gasteiger partial charge in [0.05, 0.1) is 32.2 Å². The minimum Gasteiger partial charge on any atom is -0.469 e. The van der Waals surface area contributed by atoms with Crippen LogP contribution in [0.3, 0.4) is 0 Å². The van der Waals surface area contributed by atoms with Crippen molar-refractivity contribution in [3.05, 3.63) is 34.9 Å². The highest BCUT2D eigenvalue weighted by Crippen LogP contribution is 2.67. The van der Waals surface area contributed by atoms with Gasteiger partial charge in [-0.25, -0.2) is 4.79 Å². The number of carbonyl (C=O) groups excluding carboxylic acids is 3. The lowest BCUT2D eigenvalue weighted by atomic mass is 9.63. The third-order valence-corrected chi connectivity index (χ3v) is 7.59. The molecule has 2 fully saturated rings. The smallest absolute Gasteiger partial charge is 0.347 e. The van der Waals surface area contributed by atoms with E-state index in [0.717, 1.165) is 0 Å².